The molecule has 1 aliphatic carbocycles. The highest BCUT2D eigenvalue weighted by molar-refractivity contribution is 5.49. The van der Waals surface area contributed by atoms with E-state index in [1.54, 1.807) is 0 Å². The van der Waals surface area contributed by atoms with E-state index >= 15 is 0 Å². The molecule has 0 spiro atoms. The normalized spacial score (nSPS) is 18.0. The molecule has 0 aromatic heterocycles. The van der Waals surface area contributed by atoms with Crippen molar-refractivity contribution in [2.75, 3.05) is 5.32 Å². The predicted octanol–water partition coefficient (Wildman–Crippen LogP) is 3.55. The van der Waals surface area contributed by atoms with E-state index in [1.165, 1.54) is 25.7 Å². The molecule has 2 nitrogen and oxygen atoms in total. The van der Waals surface area contributed by atoms with E-state index < -0.39 is 0 Å². The Labute approximate surface area is 97.3 Å². The maximum atomic E-state index is 8.83. The average Bonchev–Trinajstić information content (AvgIpc) is 2.83. The van der Waals surface area contributed by atoms with Crippen LogP contribution in [0.1, 0.15) is 38.2 Å². The lowest BCUT2D eigenvalue weighted by molar-refractivity contribution is 0.482. The van der Waals surface area contributed by atoms with Crippen LogP contribution in [0.3, 0.4) is 0 Å². The molecule has 0 aliphatic heterocycles. The zero-order valence-corrected chi connectivity index (χ0v) is 9.74. The fraction of sp³-hybridized carbons (Fsp3) is 0.500. The smallest absolute Gasteiger partial charge is 0.0992 e. The third-order valence-electron chi connectivity index (χ3n) is 3.49. The first-order valence-corrected chi connectivity index (χ1v) is 6.06. The van der Waals surface area contributed by atoms with Gasteiger partial charge in [-0.05, 0) is 43.9 Å². The van der Waals surface area contributed by atoms with Crippen LogP contribution in [0.4, 0.5) is 5.69 Å². The number of nitrogens with zero attached hydrogens (tertiary/aromatic N) is 1. The highest BCUT2D eigenvalue weighted by atomic mass is 14.9. The summed E-state index contributed by atoms with van der Waals surface area (Å²) < 4.78 is 0. The number of nitrogens with one attached hydrogen (secondary N) is 1. The minimum Gasteiger partial charge on any atom is -0.382 e. The zero-order chi connectivity index (χ0) is 11.4. The fourth-order valence-electron chi connectivity index (χ4n) is 2.52. The van der Waals surface area contributed by atoms with Crippen LogP contribution >= 0.6 is 0 Å². The minimum atomic E-state index is 0.511. The summed E-state index contributed by atoms with van der Waals surface area (Å²) in [6, 6.07) is 10.4. The molecule has 2 heteroatoms. The largest absolute Gasteiger partial charge is 0.382 e. The molecule has 0 bridgehead atoms. The number of anilines is 1. The van der Waals surface area contributed by atoms with E-state index in [0.717, 1.165) is 17.2 Å². The number of hydrogen-bond acceptors (Lipinski definition) is 2. The summed E-state index contributed by atoms with van der Waals surface area (Å²) in [5.41, 5.74) is 1.79. The van der Waals surface area contributed by atoms with Crippen molar-refractivity contribution in [3.05, 3.63) is 29.8 Å². The highest BCUT2D eigenvalue weighted by Gasteiger charge is 2.21. The van der Waals surface area contributed by atoms with Gasteiger partial charge in [-0.2, -0.15) is 5.26 Å². The Bertz CT molecular complexity index is 386. The lowest BCUT2D eigenvalue weighted by Crippen LogP contribution is -2.23. The molecule has 0 heterocycles. The predicted molar refractivity (Wildman–Crippen MR) is 66.2 cm³/mol. The SMILES string of the molecule is CC(Nc1cccc(C#N)c1)C1CCCC1. The van der Waals surface area contributed by atoms with E-state index in [1.807, 2.05) is 24.3 Å². The standard InChI is InChI=1S/C14H18N2/c1-11(13-6-2-3-7-13)16-14-8-4-5-12(9-14)10-15/h4-5,8-9,11,13,16H,2-3,6-7H2,1H3. The number of rotatable bonds is 3. The first-order chi connectivity index (χ1) is 7.79. The molecule has 84 valence electrons. The van der Waals surface area contributed by atoms with Crippen LogP contribution < -0.4 is 5.32 Å². The molecule has 1 saturated carbocycles. The first-order valence-electron chi connectivity index (χ1n) is 6.06. The van der Waals surface area contributed by atoms with Crippen LogP contribution in [0, 0.1) is 17.2 Å². The van der Waals surface area contributed by atoms with Gasteiger partial charge in [0.05, 0.1) is 11.6 Å². The summed E-state index contributed by atoms with van der Waals surface area (Å²) in [7, 11) is 0. The summed E-state index contributed by atoms with van der Waals surface area (Å²) in [6.45, 7) is 2.25. The van der Waals surface area contributed by atoms with Crippen molar-refractivity contribution in [1.82, 2.24) is 0 Å². The second kappa shape index (κ2) is 5.03. The molecule has 1 aliphatic rings. The molecule has 2 rings (SSSR count). The Kier molecular flexibility index (Phi) is 3.46. The van der Waals surface area contributed by atoms with Crippen LogP contribution in [-0.2, 0) is 0 Å². The van der Waals surface area contributed by atoms with Crippen LogP contribution in [0.25, 0.3) is 0 Å². The van der Waals surface area contributed by atoms with Gasteiger partial charge >= 0.3 is 0 Å². The molecule has 16 heavy (non-hydrogen) atoms. The molecule has 1 unspecified atom stereocenters. The van der Waals surface area contributed by atoms with E-state index in [0.29, 0.717) is 6.04 Å². The fourth-order valence-corrected chi connectivity index (χ4v) is 2.52. The molecular formula is C14H18N2. The Morgan fingerprint density at radius 2 is 2.12 bits per heavy atom. The van der Waals surface area contributed by atoms with Crippen LogP contribution in [-0.4, -0.2) is 6.04 Å². The van der Waals surface area contributed by atoms with E-state index in [-0.39, 0.29) is 0 Å². The van der Waals surface area contributed by atoms with Gasteiger partial charge in [0.25, 0.3) is 0 Å². The molecule has 1 fully saturated rings. The van der Waals surface area contributed by atoms with Crippen molar-refractivity contribution < 1.29 is 0 Å². The van der Waals surface area contributed by atoms with Crippen LogP contribution in [0.5, 0.6) is 0 Å². The third-order valence-corrected chi connectivity index (χ3v) is 3.49. The Hall–Kier alpha value is -1.49. The molecule has 0 radical (unpaired) electrons. The molecule has 0 amide bonds. The zero-order valence-electron chi connectivity index (χ0n) is 9.74. The molecular weight excluding hydrogens is 196 g/mol. The molecule has 0 saturated heterocycles. The van der Waals surface area contributed by atoms with Gasteiger partial charge in [-0.25, -0.2) is 0 Å². The van der Waals surface area contributed by atoms with Gasteiger partial charge in [-0.15, -0.1) is 0 Å². The van der Waals surface area contributed by atoms with Gasteiger partial charge in [0.2, 0.25) is 0 Å². The van der Waals surface area contributed by atoms with Crippen LogP contribution in [0.15, 0.2) is 24.3 Å². The van der Waals surface area contributed by atoms with Gasteiger partial charge < -0.3 is 5.32 Å². The number of benzene rings is 1. The van der Waals surface area contributed by atoms with Crippen molar-refractivity contribution in [2.24, 2.45) is 5.92 Å². The number of nitriles is 1. The van der Waals surface area contributed by atoms with E-state index in [9.17, 15) is 0 Å². The van der Waals surface area contributed by atoms with E-state index in [4.69, 9.17) is 5.26 Å². The highest BCUT2D eigenvalue weighted by Crippen LogP contribution is 2.29. The quantitative estimate of drug-likeness (QED) is 0.835. The molecule has 1 aromatic rings. The topological polar surface area (TPSA) is 35.8 Å². The monoisotopic (exact) mass is 214 g/mol. The molecule has 1 aromatic carbocycles. The molecule has 1 atom stereocenters. The summed E-state index contributed by atoms with van der Waals surface area (Å²) in [5.74, 6) is 0.797. The minimum absolute atomic E-state index is 0.511. The second-order valence-electron chi connectivity index (χ2n) is 4.67. The van der Waals surface area contributed by atoms with Gasteiger partial charge in [0.1, 0.15) is 0 Å². The summed E-state index contributed by atoms with van der Waals surface area (Å²) in [6.07, 6.45) is 5.42. The molecule has 1 N–H and O–H groups in total. The summed E-state index contributed by atoms with van der Waals surface area (Å²) in [4.78, 5) is 0. The van der Waals surface area contributed by atoms with Gasteiger partial charge in [0.15, 0.2) is 0 Å². The lowest BCUT2D eigenvalue weighted by atomic mass is 9.99. The Morgan fingerprint density at radius 3 is 2.81 bits per heavy atom. The summed E-state index contributed by atoms with van der Waals surface area (Å²) >= 11 is 0. The van der Waals surface area contributed by atoms with Crippen LogP contribution in [0.2, 0.25) is 0 Å². The van der Waals surface area contributed by atoms with Crippen molar-refractivity contribution in [1.29, 1.82) is 5.26 Å². The lowest BCUT2D eigenvalue weighted by Gasteiger charge is -2.21. The van der Waals surface area contributed by atoms with Gasteiger partial charge in [-0.3, -0.25) is 0 Å². The van der Waals surface area contributed by atoms with Crippen molar-refractivity contribution in [3.63, 3.8) is 0 Å². The van der Waals surface area contributed by atoms with Gasteiger partial charge in [-0.1, -0.05) is 18.9 Å². The van der Waals surface area contributed by atoms with Gasteiger partial charge in [0, 0.05) is 11.7 Å². The average molecular weight is 214 g/mol. The first kappa shape index (κ1) is 11.0. The second-order valence-corrected chi connectivity index (χ2v) is 4.67. The van der Waals surface area contributed by atoms with Crippen molar-refractivity contribution in [3.8, 4) is 6.07 Å². The van der Waals surface area contributed by atoms with Crippen molar-refractivity contribution >= 4 is 5.69 Å². The third kappa shape index (κ3) is 2.55. The summed E-state index contributed by atoms with van der Waals surface area (Å²) in [5, 5.41) is 12.3. The van der Waals surface area contributed by atoms with E-state index in [2.05, 4.69) is 18.3 Å². The Balaban J connectivity index is 2.00. The Morgan fingerprint density at radius 1 is 1.38 bits per heavy atom. The maximum absolute atomic E-state index is 8.83. The van der Waals surface area contributed by atoms with Crippen molar-refractivity contribution in [2.45, 2.75) is 38.6 Å². The maximum Gasteiger partial charge on any atom is 0.0992 e. The number of hydrogen-bond donors (Lipinski definition) is 1.